The minimum atomic E-state index is -0.0189. The summed E-state index contributed by atoms with van der Waals surface area (Å²) in [6.45, 7) is 7.80. The van der Waals surface area contributed by atoms with Crippen LogP contribution in [0.25, 0.3) is 0 Å². The Morgan fingerprint density at radius 3 is 2.58 bits per heavy atom. The molecule has 1 aliphatic heterocycles. The molecule has 5 heteroatoms. The van der Waals surface area contributed by atoms with E-state index in [-0.39, 0.29) is 12.0 Å². The predicted octanol–water partition coefficient (Wildman–Crippen LogP) is 4.14. The summed E-state index contributed by atoms with van der Waals surface area (Å²) in [6, 6.07) is 11.7. The molecule has 0 saturated carbocycles. The van der Waals surface area contributed by atoms with Crippen molar-refractivity contribution in [1.29, 1.82) is 0 Å². The third-order valence-electron chi connectivity index (χ3n) is 4.74. The Labute approximate surface area is 160 Å². The first kappa shape index (κ1) is 18.9. The second kappa shape index (κ2) is 9.19. The molecule has 0 radical (unpaired) electrons. The predicted molar refractivity (Wildman–Crippen MR) is 107 cm³/mol. The van der Waals surface area contributed by atoms with Crippen LogP contribution in [0.1, 0.15) is 47.8 Å². The van der Waals surface area contributed by atoms with E-state index in [1.165, 1.54) is 17.7 Å². The van der Waals surface area contributed by atoms with Gasteiger partial charge in [-0.05, 0) is 81.4 Å². The fourth-order valence-corrected chi connectivity index (χ4v) is 4.25. The monoisotopic (exact) mass is 372 g/mol. The first-order valence-electron chi connectivity index (χ1n) is 9.42. The molecule has 1 aromatic carbocycles. The Hall–Kier alpha value is -1.85. The highest BCUT2D eigenvalue weighted by Gasteiger charge is 2.20. The molecule has 26 heavy (non-hydrogen) atoms. The maximum atomic E-state index is 12.3. The summed E-state index contributed by atoms with van der Waals surface area (Å²) < 4.78 is 5.61. The third-order valence-corrected chi connectivity index (χ3v) is 5.77. The highest BCUT2D eigenvalue weighted by atomic mass is 32.1. The number of hydrogen-bond acceptors (Lipinski definition) is 4. The van der Waals surface area contributed by atoms with Crippen LogP contribution in [0.15, 0.2) is 41.8 Å². The number of hydrogen-bond donors (Lipinski definition) is 1. The summed E-state index contributed by atoms with van der Waals surface area (Å²) >= 11 is 1.87. The number of amides is 1. The molecule has 1 fully saturated rings. The second-order valence-corrected chi connectivity index (χ2v) is 8.06. The Morgan fingerprint density at radius 1 is 1.23 bits per heavy atom. The number of likely N-dealkylation sites (tertiary alicyclic amines) is 1. The zero-order valence-corrected chi connectivity index (χ0v) is 16.4. The van der Waals surface area contributed by atoms with E-state index in [9.17, 15) is 4.79 Å². The summed E-state index contributed by atoms with van der Waals surface area (Å²) in [5.41, 5.74) is 0.678. The standard InChI is InChI=1S/C21H28N2O2S/c1-16(2)25-19-7-5-18(6-8-19)21(24)22-11-14-23-12-9-17(10-13-23)20-4-3-15-26-20/h3-8,15-17H,9-14H2,1-2H3,(H,22,24). The lowest BCUT2D eigenvalue weighted by atomic mass is 9.95. The molecule has 1 aromatic heterocycles. The van der Waals surface area contributed by atoms with Crippen molar-refractivity contribution in [3.05, 3.63) is 52.2 Å². The molecule has 2 heterocycles. The van der Waals surface area contributed by atoms with Crippen LogP contribution in [0.2, 0.25) is 0 Å². The molecule has 1 saturated heterocycles. The van der Waals surface area contributed by atoms with Crippen molar-refractivity contribution in [3.8, 4) is 5.75 Å². The van der Waals surface area contributed by atoms with Crippen molar-refractivity contribution in [2.45, 2.75) is 38.7 Å². The maximum absolute atomic E-state index is 12.3. The van der Waals surface area contributed by atoms with E-state index in [2.05, 4.69) is 27.7 Å². The van der Waals surface area contributed by atoms with Crippen LogP contribution in [0, 0.1) is 0 Å². The van der Waals surface area contributed by atoms with Gasteiger partial charge in [0.15, 0.2) is 0 Å². The fraction of sp³-hybridized carbons (Fsp3) is 0.476. The van der Waals surface area contributed by atoms with Crippen molar-refractivity contribution in [2.75, 3.05) is 26.2 Å². The van der Waals surface area contributed by atoms with Crippen LogP contribution in [-0.4, -0.2) is 43.1 Å². The van der Waals surface area contributed by atoms with Gasteiger partial charge >= 0.3 is 0 Å². The van der Waals surface area contributed by atoms with Gasteiger partial charge in [-0.25, -0.2) is 0 Å². The average molecular weight is 373 g/mol. The van der Waals surface area contributed by atoms with Crippen LogP contribution in [-0.2, 0) is 0 Å². The van der Waals surface area contributed by atoms with E-state index >= 15 is 0 Å². The molecule has 0 atom stereocenters. The van der Waals surface area contributed by atoms with Gasteiger partial charge in [0.05, 0.1) is 6.10 Å². The smallest absolute Gasteiger partial charge is 0.251 e. The molecule has 4 nitrogen and oxygen atoms in total. The van der Waals surface area contributed by atoms with Crippen molar-refractivity contribution >= 4 is 17.2 Å². The van der Waals surface area contributed by atoms with E-state index in [4.69, 9.17) is 4.74 Å². The van der Waals surface area contributed by atoms with E-state index in [1.54, 1.807) is 0 Å². The summed E-state index contributed by atoms with van der Waals surface area (Å²) in [7, 11) is 0. The topological polar surface area (TPSA) is 41.6 Å². The van der Waals surface area contributed by atoms with Gasteiger partial charge in [0.2, 0.25) is 0 Å². The summed E-state index contributed by atoms with van der Waals surface area (Å²) in [5, 5.41) is 5.19. The normalized spacial score (nSPS) is 16.0. The lowest BCUT2D eigenvalue weighted by molar-refractivity contribution is 0.0946. The largest absolute Gasteiger partial charge is 0.491 e. The highest BCUT2D eigenvalue weighted by molar-refractivity contribution is 7.10. The average Bonchev–Trinajstić information content (AvgIpc) is 3.17. The van der Waals surface area contributed by atoms with Crippen LogP contribution < -0.4 is 10.1 Å². The first-order chi connectivity index (χ1) is 12.6. The van der Waals surface area contributed by atoms with Gasteiger partial charge in [-0.15, -0.1) is 11.3 Å². The van der Waals surface area contributed by atoms with Crippen molar-refractivity contribution in [2.24, 2.45) is 0 Å². The molecule has 0 spiro atoms. The molecule has 2 aromatic rings. The molecule has 1 aliphatic rings. The fourth-order valence-electron chi connectivity index (χ4n) is 3.35. The second-order valence-electron chi connectivity index (χ2n) is 7.08. The Balaban J connectivity index is 1.37. The van der Waals surface area contributed by atoms with Crippen LogP contribution in [0.3, 0.4) is 0 Å². The van der Waals surface area contributed by atoms with E-state index < -0.39 is 0 Å². The van der Waals surface area contributed by atoms with Gasteiger partial charge in [0.25, 0.3) is 5.91 Å². The quantitative estimate of drug-likeness (QED) is 0.794. The minimum absolute atomic E-state index is 0.0189. The van der Waals surface area contributed by atoms with E-state index in [0.717, 1.165) is 25.4 Å². The zero-order chi connectivity index (χ0) is 18.4. The number of carbonyl (C=O) groups is 1. The Kier molecular flexibility index (Phi) is 6.69. The number of nitrogens with one attached hydrogen (secondary N) is 1. The molecular weight excluding hydrogens is 344 g/mol. The number of nitrogens with zero attached hydrogens (tertiary/aromatic N) is 1. The van der Waals surface area contributed by atoms with Crippen molar-refractivity contribution in [3.63, 3.8) is 0 Å². The van der Waals surface area contributed by atoms with Crippen LogP contribution in [0.4, 0.5) is 0 Å². The maximum Gasteiger partial charge on any atom is 0.251 e. The third kappa shape index (κ3) is 5.32. The molecule has 0 aliphatic carbocycles. The molecular formula is C21H28N2O2S. The minimum Gasteiger partial charge on any atom is -0.491 e. The molecule has 1 N–H and O–H groups in total. The van der Waals surface area contributed by atoms with Gasteiger partial charge < -0.3 is 15.0 Å². The van der Waals surface area contributed by atoms with E-state index in [0.29, 0.717) is 18.0 Å². The van der Waals surface area contributed by atoms with Gasteiger partial charge in [-0.1, -0.05) is 6.07 Å². The molecule has 1 amide bonds. The molecule has 140 valence electrons. The van der Waals surface area contributed by atoms with Crippen LogP contribution >= 0.6 is 11.3 Å². The van der Waals surface area contributed by atoms with Gasteiger partial charge in [-0.3, -0.25) is 4.79 Å². The first-order valence-corrected chi connectivity index (χ1v) is 10.3. The molecule has 3 rings (SSSR count). The van der Waals surface area contributed by atoms with Gasteiger partial charge in [-0.2, -0.15) is 0 Å². The SMILES string of the molecule is CC(C)Oc1ccc(C(=O)NCCN2CCC(c3cccs3)CC2)cc1. The number of benzene rings is 1. The highest BCUT2D eigenvalue weighted by Crippen LogP contribution is 2.30. The zero-order valence-electron chi connectivity index (χ0n) is 15.6. The van der Waals surface area contributed by atoms with Crippen LogP contribution in [0.5, 0.6) is 5.75 Å². The number of thiophene rings is 1. The summed E-state index contributed by atoms with van der Waals surface area (Å²) in [4.78, 5) is 16.2. The Morgan fingerprint density at radius 2 is 1.96 bits per heavy atom. The van der Waals surface area contributed by atoms with Gasteiger partial charge in [0, 0.05) is 23.5 Å². The number of rotatable bonds is 7. The molecule has 0 unspecified atom stereocenters. The number of carbonyl (C=O) groups excluding carboxylic acids is 1. The molecule has 0 bridgehead atoms. The lowest BCUT2D eigenvalue weighted by Crippen LogP contribution is -2.39. The summed E-state index contributed by atoms with van der Waals surface area (Å²) in [6.07, 6.45) is 2.57. The lowest BCUT2D eigenvalue weighted by Gasteiger charge is -2.31. The summed E-state index contributed by atoms with van der Waals surface area (Å²) in [5.74, 6) is 1.49. The van der Waals surface area contributed by atoms with Crippen molar-refractivity contribution in [1.82, 2.24) is 10.2 Å². The van der Waals surface area contributed by atoms with Gasteiger partial charge in [0.1, 0.15) is 5.75 Å². The Bertz CT molecular complexity index is 675. The number of ether oxygens (including phenoxy) is 1. The number of piperidine rings is 1. The van der Waals surface area contributed by atoms with E-state index in [1.807, 2.05) is 49.4 Å². The van der Waals surface area contributed by atoms with Crippen molar-refractivity contribution < 1.29 is 9.53 Å².